The molecule has 0 amide bonds. The molecule has 1 unspecified atom stereocenters. The van der Waals surface area contributed by atoms with E-state index in [0.717, 1.165) is 12.5 Å². The van der Waals surface area contributed by atoms with Crippen LogP contribution in [0.25, 0.3) is 22.6 Å². The van der Waals surface area contributed by atoms with Crippen LogP contribution in [0.15, 0.2) is 59.6 Å². The van der Waals surface area contributed by atoms with Gasteiger partial charge in [0.05, 0.1) is 17.7 Å². The normalized spacial score (nSPS) is 12.6. The zero-order valence-electron chi connectivity index (χ0n) is 17.2. The topological polar surface area (TPSA) is 114 Å². The summed E-state index contributed by atoms with van der Waals surface area (Å²) < 4.78 is 48.4. The molecule has 1 atom stereocenters. The number of hydrogen-bond acceptors (Lipinski definition) is 7. The van der Waals surface area contributed by atoms with Gasteiger partial charge in [-0.25, -0.2) is 22.8 Å². The number of aromatic amines is 1. The van der Waals surface area contributed by atoms with E-state index < -0.39 is 21.8 Å². The Morgan fingerprint density at radius 2 is 1.81 bits per heavy atom. The molecule has 4 rings (SSSR count). The summed E-state index contributed by atoms with van der Waals surface area (Å²) >= 11 is 0. The maximum atomic E-state index is 13.5. The monoisotopic (exact) mass is 457 g/mol. The van der Waals surface area contributed by atoms with Gasteiger partial charge < -0.3 is 19.6 Å². The fraction of sp³-hybridized carbons (Fsp3) is 0.182. The first-order chi connectivity index (χ1) is 15.2. The van der Waals surface area contributed by atoms with E-state index >= 15 is 0 Å². The lowest BCUT2D eigenvalue weighted by molar-refractivity contribution is 0.129. The molecule has 0 fully saturated rings. The van der Waals surface area contributed by atoms with Crippen LogP contribution in [-0.2, 0) is 9.84 Å². The number of fused-ring (bicyclic) bond motifs is 1. The van der Waals surface area contributed by atoms with Crippen molar-refractivity contribution in [3.63, 3.8) is 0 Å². The quantitative estimate of drug-likeness (QED) is 0.435. The van der Waals surface area contributed by atoms with Crippen LogP contribution in [-0.4, -0.2) is 47.4 Å². The molecule has 0 aliphatic heterocycles. The number of sulfone groups is 1. The van der Waals surface area contributed by atoms with Gasteiger partial charge in [0.25, 0.3) is 0 Å². The molecule has 0 bridgehead atoms. The second-order valence-corrected chi connectivity index (χ2v) is 9.27. The van der Waals surface area contributed by atoms with Crippen LogP contribution in [0.2, 0.25) is 0 Å². The van der Waals surface area contributed by atoms with Crippen LogP contribution in [0.3, 0.4) is 0 Å². The number of ether oxygens (including phenoxy) is 2. The Bertz CT molecular complexity index is 1370. The number of halogens is 1. The van der Waals surface area contributed by atoms with Gasteiger partial charge >= 0.3 is 0 Å². The van der Waals surface area contributed by atoms with Gasteiger partial charge in [0.2, 0.25) is 0 Å². The molecule has 8 nitrogen and oxygen atoms in total. The first-order valence-electron chi connectivity index (χ1n) is 9.63. The summed E-state index contributed by atoms with van der Waals surface area (Å²) in [6.45, 7) is 1.53. The van der Waals surface area contributed by atoms with E-state index in [4.69, 9.17) is 9.47 Å². The molecular formula is C22H20FN3O5S. The highest BCUT2D eigenvalue weighted by atomic mass is 32.2. The Balaban J connectivity index is 1.71. The number of H-pyrrole nitrogens is 1. The van der Waals surface area contributed by atoms with Crippen molar-refractivity contribution in [2.24, 2.45) is 0 Å². The van der Waals surface area contributed by atoms with Crippen LogP contribution in [0.4, 0.5) is 4.39 Å². The van der Waals surface area contributed by atoms with Gasteiger partial charge in [-0.15, -0.1) is 0 Å². The molecule has 0 saturated heterocycles. The molecule has 0 saturated carbocycles. The molecule has 166 valence electrons. The van der Waals surface area contributed by atoms with Gasteiger partial charge in [0, 0.05) is 24.0 Å². The van der Waals surface area contributed by atoms with Crippen molar-refractivity contribution in [1.29, 1.82) is 0 Å². The third kappa shape index (κ3) is 4.87. The summed E-state index contributed by atoms with van der Waals surface area (Å²) in [6, 6.07) is 12.3. The lowest BCUT2D eigenvalue weighted by atomic mass is 10.2. The van der Waals surface area contributed by atoms with Crippen molar-refractivity contribution in [2.45, 2.75) is 17.9 Å². The predicted molar refractivity (Wildman–Crippen MR) is 116 cm³/mol. The summed E-state index contributed by atoms with van der Waals surface area (Å²) in [6.07, 6.45) is 1.77. The Hall–Kier alpha value is -3.50. The molecular weight excluding hydrogens is 437 g/mol. The number of aliphatic hydroxyl groups is 1. The average molecular weight is 457 g/mol. The number of aromatic nitrogens is 3. The lowest BCUT2D eigenvalue weighted by Gasteiger charge is -2.15. The summed E-state index contributed by atoms with van der Waals surface area (Å²) in [4.78, 5) is 11.6. The summed E-state index contributed by atoms with van der Waals surface area (Å²) in [5, 5.41) is 9.33. The van der Waals surface area contributed by atoms with Crippen molar-refractivity contribution in [3.8, 4) is 28.6 Å². The van der Waals surface area contributed by atoms with E-state index in [9.17, 15) is 17.9 Å². The van der Waals surface area contributed by atoms with Crippen LogP contribution in [0, 0.1) is 5.82 Å². The molecule has 4 aromatic rings. The van der Waals surface area contributed by atoms with Crippen molar-refractivity contribution < 1.29 is 27.4 Å². The molecule has 2 heterocycles. The van der Waals surface area contributed by atoms with Crippen molar-refractivity contribution in [2.75, 3.05) is 12.9 Å². The molecule has 0 spiro atoms. The van der Waals surface area contributed by atoms with Gasteiger partial charge in [-0.1, -0.05) is 0 Å². The Morgan fingerprint density at radius 3 is 2.50 bits per heavy atom. The van der Waals surface area contributed by atoms with E-state index in [1.165, 1.54) is 18.2 Å². The van der Waals surface area contributed by atoms with E-state index in [0.29, 0.717) is 39.8 Å². The zero-order chi connectivity index (χ0) is 22.9. The second kappa shape index (κ2) is 8.56. The number of nitrogens with zero attached hydrogens (tertiary/aromatic N) is 2. The van der Waals surface area contributed by atoms with Gasteiger partial charge in [-0.05, 0) is 43.3 Å². The van der Waals surface area contributed by atoms with E-state index in [1.807, 2.05) is 0 Å². The van der Waals surface area contributed by atoms with Crippen LogP contribution in [0.1, 0.15) is 6.92 Å². The zero-order valence-corrected chi connectivity index (χ0v) is 18.1. The number of rotatable bonds is 7. The van der Waals surface area contributed by atoms with E-state index in [-0.39, 0.29) is 11.5 Å². The van der Waals surface area contributed by atoms with Crippen LogP contribution >= 0.6 is 0 Å². The molecule has 32 heavy (non-hydrogen) atoms. The fourth-order valence-electron chi connectivity index (χ4n) is 3.00. The number of nitrogens with one attached hydrogen (secondary N) is 1. The number of aliphatic hydroxyl groups excluding tert-OH is 1. The first-order valence-corrected chi connectivity index (χ1v) is 11.5. The van der Waals surface area contributed by atoms with Crippen molar-refractivity contribution in [3.05, 3.63) is 60.5 Å². The van der Waals surface area contributed by atoms with Gasteiger partial charge in [0.1, 0.15) is 40.5 Å². The average Bonchev–Trinajstić information content (AvgIpc) is 3.16. The third-order valence-electron chi connectivity index (χ3n) is 4.54. The van der Waals surface area contributed by atoms with Gasteiger partial charge in [-0.2, -0.15) is 0 Å². The lowest BCUT2D eigenvalue weighted by Crippen LogP contribution is -2.16. The SMILES string of the molecule is CC(CO)Oc1cc(Oc2ccc(S(C)(=O)=O)cc2)cc(-c2nc3cc(F)cnc3[nH]2)c1. The third-order valence-corrected chi connectivity index (χ3v) is 5.67. The molecule has 2 N–H and O–H groups in total. The second-order valence-electron chi connectivity index (χ2n) is 7.26. The number of hydrogen-bond donors (Lipinski definition) is 2. The predicted octanol–water partition coefficient (Wildman–Crippen LogP) is 3.72. The smallest absolute Gasteiger partial charge is 0.175 e. The summed E-state index contributed by atoms with van der Waals surface area (Å²) in [7, 11) is -3.32. The minimum absolute atomic E-state index is 0.179. The molecule has 0 aliphatic rings. The molecule has 10 heteroatoms. The minimum Gasteiger partial charge on any atom is -0.488 e. The summed E-state index contributed by atoms with van der Waals surface area (Å²) in [5.74, 6) is 1.17. The molecule has 0 radical (unpaired) electrons. The maximum Gasteiger partial charge on any atom is 0.175 e. The van der Waals surface area contributed by atoms with Crippen molar-refractivity contribution in [1.82, 2.24) is 15.0 Å². The number of pyridine rings is 1. The van der Waals surface area contributed by atoms with Crippen molar-refractivity contribution >= 4 is 21.0 Å². The van der Waals surface area contributed by atoms with E-state index in [1.54, 1.807) is 37.3 Å². The fourth-order valence-corrected chi connectivity index (χ4v) is 3.63. The Kier molecular flexibility index (Phi) is 5.81. The van der Waals surface area contributed by atoms with E-state index in [2.05, 4.69) is 15.0 Å². The Morgan fingerprint density at radius 1 is 1.09 bits per heavy atom. The molecule has 0 aliphatic carbocycles. The number of benzene rings is 2. The van der Waals surface area contributed by atoms with Gasteiger partial charge in [0.15, 0.2) is 15.5 Å². The standard InChI is InChI=1S/C22H20FN3O5S/c1-13(12-27)30-17-7-14(21-25-20-9-15(23)11-24-22(20)26-21)8-18(10-17)31-16-3-5-19(6-4-16)32(2,28)29/h3-11,13,27H,12H2,1-2H3,(H,24,25,26). The summed E-state index contributed by atoms with van der Waals surface area (Å²) in [5.41, 5.74) is 1.39. The largest absolute Gasteiger partial charge is 0.488 e. The molecule has 2 aromatic heterocycles. The highest BCUT2D eigenvalue weighted by Gasteiger charge is 2.13. The highest BCUT2D eigenvalue weighted by molar-refractivity contribution is 7.90. The maximum absolute atomic E-state index is 13.5. The number of imidazole rings is 1. The first kappa shape index (κ1) is 21.7. The van der Waals surface area contributed by atoms with Crippen LogP contribution in [0.5, 0.6) is 17.2 Å². The highest BCUT2D eigenvalue weighted by Crippen LogP contribution is 2.33. The van der Waals surface area contributed by atoms with Gasteiger partial charge in [-0.3, -0.25) is 0 Å². The molecule has 2 aromatic carbocycles. The Labute approximate surface area is 183 Å². The minimum atomic E-state index is -3.32. The van der Waals surface area contributed by atoms with Crippen LogP contribution < -0.4 is 9.47 Å².